The Kier molecular flexibility index (Phi) is 4.47. The molecule has 3 nitrogen and oxygen atoms in total. The smallest absolute Gasteiger partial charge is 0.302 e. The number of aliphatic hydroxyl groups excluding tert-OH is 1. The van der Waals surface area contributed by atoms with Crippen LogP contribution in [-0.4, -0.2) is 23.3 Å². The molecule has 3 aliphatic carbocycles. The highest BCUT2D eigenvalue weighted by molar-refractivity contribution is 5.66. The van der Waals surface area contributed by atoms with E-state index >= 15 is 0 Å². The molecule has 0 aromatic rings. The van der Waals surface area contributed by atoms with E-state index in [-0.39, 0.29) is 34.2 Å². The summed E-state index contributed by atoms with van der Waals surface area (Å²) in [5.74, 6) is 0.439. The zero-order valence-corrected chi connectivity index (χ0v) is 16.5. The number of allylic oxidation sites excluding steroid dienone is 2. The summed E-state index contributed by atoms with van der Waals surface area (Å²) in [4.78, 5) is 11.8. The molecule has 0 radical (unpaired) electrons. The second-order valence-corrected chi connectivity index (χ2v) is 9.74. The van der Waals surface area contributed by atoms with Gasteiger partial charge < -0.3 is 9.84 Å². The number of aliphatic hydroxyl groups is 1. The second kappa shape index (κ2) is 5.97. The Labute approximate surface area is 152 Å². The first-order chi connectivity index (χ1) is 11.5. The van der Waals surface area contributed by atoms with E-state index in [1.165, 1.54) is 6.92 Å². The predicted molar refractivity (Wildman–Crippen MR) is 99.9 cm³/mol. The fourth-order valence-corrected chi connectivity index (χ4v) is 6.18. The van der Waals surface area contributed by atoms with Gasteiger partial charge in [-0.1, -0.05) is 39.8 Å². The first-order valence-electron chi connectivity index (χ1n) is 9.75. The Morgan fingerprint density at radius 1 is 1.28 bits per heavy atom. The first kappa shape index (κ1) is 18.7. The van der Waals surface area contributed by atoms with Crippen molar-refractivity contribution in [2.45, 2.75) is 78.9 Å². The van der Waals surface area contributed by atoms with Crippen molar-refractivity contribution < 1.29 is 14.6 Å². The second-order valence-electron chi connectivity index (χ2n) is 9.74. The van der Waals surface area contributed by atoms with E-state index in [0.717, 1.165) is 37.7 Å². The maximum absolute atomic E-state index is 11.8. The molecule has 0 heterocycles. The van der Waals surface area contributed by atoms with Crippen LogP contribution < -0.4 is 0 Å². The molecule has 3 rings (SSSR count). The van der Waals surface area contributed by atoms with Crippen molar-refractivity contribution in [1.29, 1.82) is 0 Å². The van der Waals surface area contributed by atoms with E-state index in [1.54, 1.807) is 0 Å². The molecule has 0 spiro atoms. The van der Waals surface area contributed by atoms with Crippen molar-refractivity contribution in [1.82, 2.24) is 0 Å². The van der Waals surface area contributed by atoms with Crippen LogP contribution >= 0.6 is 0 Å². The zero-order valence-electron chi connectivity index (χ0n) is 16.5. The number of esters is 1. The van der Waals surface area contributed by atoms with Gasteiger partial charge in [0.15, 0.2) is 0 Å². The largest absolute Gasteiger partial charge is 0.462 e. The molecule has 2 saturated carbocycles. The van der Waals surface area contributed by atoms with E-state index in [2.05, 4.69) is 40.3 Å². The summed E-state index contributed by atoms with van der Waals surface area (Å²) in [7, 11) is 0. The molecule has 0 unspecified atom stereocenters. The summed E-state index contributed by atoms with van der Waals surface area (Å²) >= 11 is 0. The zero-order chi connectivity index (χ0) is 18.6. The van der Waals surface area contributed by atoms with Gasteiger partial charge in [-0.05, 0) is 54.9 Å². The van der Waals surface area contributed by atoms with Crippen molar-refractivity contribution in [3.8, 4) is 0 Å². The van der Waals surface area contributed by atoms with Gasteiger partial charge in [0.25, 0.3) is 0 Å². The van der Waals surface area contributed by atoms with Crippen LogP contribution in [0.15, 0.2) is 24.3 Å². The lowest BCUT2D eigenvalue weighted by molar-refractivity contribution is -0.188. The van der Waals surface area contributed by atoms with Crippen molar-refractivity contribution in [3.05, 3.63) is 24.3 Å². The summed E-state index contributed by atoms with van der Waals surface area (Å²) < 4.78 is 5.85. The highest BCUT2D eigenvalue weighted by atomic mass is 16.5. The Morgan fingerprint density at radius 2 is 1.96 bits per heavy atom. The van der Waals surface area contributed by atoms with Crippen LogP contribution in [0, 0.1) is 28.1 Å². The van der Waals surface area contributed by atoms with E-state index in [1.807, 2.05) is 6.08 Å². The summed E-state index contributed by atoms with van der Waals surface area (Å²) in [5.41, 5.74) is 1.15. The number of rotatable bonds is 2. The molecule has 2 fully saturated rings. The molecule has 0 aromatic carbocycles. The molecule has 3 heteroatoms. The number of ether oxygens (including phenoxy) is 1. The minimum absolute atomic E-state index is 0.0445. The topological polar surface area (TPSA) is 46.5 Å². The molecule has 25 heavy (non-hydrogen) atoms. The maximum atomic E-state index is 11.8. The molecule has 6 atom stereocenters. The molecular formula is C22H34O3. The molecule has 140 valence electrons. The minimum atomic E-state index is -0.391. The quantitative estimate of drug-likeness (QED) is 0.584. The van der Waals surface area contributed by atoms with E-state index in [9.17, 15) is 9.90 Å². The highest BCUT2D eigenvalue weighted by Crippen LogP contribution is 2.64. The van der Waals surface area contributed by atoms with Crippen LogP contribution in [0.5, 0.6) is 0 Å². The molecule has 3 aliphatic rings. The molecule has 0 saturated heterocycles. The van der Waals surface area contributed by atoms with Gasteiger partial charge in [-0.2, -0.15) is 0 Å². The monoisotopic (exact) mass is 346 g/mol. The molecule has 0 bridgehead atoms. The lowest BCUT2D eigenvalue weighted by Crippen LogP contribution is -2.60. The van der Waals surface area contributed by atoms with Crippen molar-refractivity contribution in [3.63, 3.8) is 0 Å². The summed E-state index contributed by atoms with van der Waals surface area (Å²) in [6.07, 6.45) is 8.58. The fourth-order valence-electron chi connectivity index (χ4n) is 6.18. The van der Waals surface area contributed by atoms with Gasteiger partial charge in [-0.15, -0.1) is 6.58 Å². The van der Waals surface area contributed by atoms with Gasteiger partial charge in [0, 0.05) is 17.8 Å². The lowest BCUT2D eigenvalue weighted by Gasteiger charge is -2.62. The normalized spacial score (nSPS) is 45.6. The Hall–Kier alpha value is -1.09. The third kappa shape index (κ3) is 2.89. The highest BCUT2D eigenvalue weighted by Gasteiger charge is 2.61. The number of fused-ring (bicyclic) bond motifs is 3. The van der Waals surface area contributed by atoms with Gasteiger partial charge >= 0.3 is 5.97 Å². The van der Waals surface area contributed by atoms with Crippen LogP contribution in [0.2, 0.25) is 0 Å². The Morgan fingerprint density at radius 3 is 2.56 bits per heavy atom. The Bertz CT molecular complexity index is 604. The van der Waals surface area contributed by atoms with Crippen LogP contribution in [0.25, 0.3) is 0 Å². The van der Waals surface area contributed by atoms with Crippen molar-refractivity contribution >= 4 is 5.97 Å². The molecule has 1 N–H and O–H groups in total. The van der Waals surface area contributed by atoms with Gasteiger partial charge in [0.1, 0.15) is 6.10 Å². The molecule has 0 aromatic heterocycles. The van der Waals surface area contributed by atoms with Gasteiger partial charge in [0.05, 0.1) is 6.10 Å². The van der Waals surface area contributed by atoms with Crippen LogP contribution in [0.4, 0.5) is 0 Å². The molecule has 0 amide bonds. The predicted octanol–water partition coefficient (Wildman–Crippen LogP) is 4.65. The average molecular weight is 347 g/mol. The number of carbonyl (C=O) groups excluding carboxylic acids is 1. The van der Waals surface area contributed by atoms with Gasteiger partial charge in [-0.25, -0.2) is 0 Å². The Balaban J connectivity index is 2.08. The van der Waals surface area contributed by atoms with E-state index in [4.69, 9.17) is 4.74 Å². The summed E-state index contributed by atoms with van der Waals surface area (Å²) in [5, 5.41) is 11.0. The lowest BCUT2D eigenvalue weighted by atomic mass is 9.44. The number of hydrogen-bond acceptors (Lipinski definition) is 3. The fraction of sp³-hybridized carbons (Fsp3) is 0.773. The van der Waals surface area contributed by atoms with E-state index in [0.29, 0.717) is 5.92 Å². The van der Waals surface area contributed by atoms with Crippen LogP contribution in [-0.2, 0) is 9.53 Å². The minimum Gasteiger partial charge on any atom is -0.462 e. The number of hydrogen-bond donors (Lipinski definition) is 1. The van der Waals surface area contributed by atoms with Crippen molar-refractivity contribution in [2.75, 3.05) is 0 Å². The third-order valence-electron chi connectivity index (χ3n) is 7.68. The third-order valence-corrected chi connectivity index (χ3v) is 7.68. The first-order valence-corrected chi connectivity index (χ1v) is 9.75. The van der Waals surface area contributed by atoms with Gasteiger partial charge in [0.2, 0.25) is 0 Å². The van der Waals surface area contributed by atoms with Crippen LogP contribution in [0.1, 0.15) is 66.7 Å². The average Bonchev–Trinajstić information content (AvgIpc) is 2.53. The maximum Gasteiger partial charge on any atom is 0.302 e. The summed E-state index contributed by atoms with van der Waals surface area (Å²) in [6, 6.07) is 0. The van der Waals surface area contributed by atoms with Crippen molar-refractivity contribution in [2.24, 2.45) is 28.1 Å². The number of carbonyl (C=O) groups is 1. The SMILES string of the molecule is C=C[C@]1(C)C=C2[C@H](O)C[C@H]3C(C)(C)CC[C@@H](OC(C)=O)[C@]3(C)[C@H]2CC1. The summed E-state index contributed by atoms with van der Waals surface area (Å²) in [6.45, 7) is 14.7. The van der Waals surface area contributed by atoms with E-state index < -0.39 is 6.10 Å². The van der Waals surface area contributed by atoms with Crippen LogP contribution in [0.3, 0.4) is 0 Å². The molecular weight excluding hydrogens is 312 g/mol. The van der Waals surface area contributed by atoms with Gasteiger partial charge in [-0.3, -0.25) is 4.79 Å². The standard InChI is InChI=1S/C22H34O3/c1-7-21(5)11-8-16-15(13-21)17(24)12-18-20(3,4)10-9-19(22(16,18)6)25-14(2)23/h7,13,16-19,24H,1,8-12H2,2-6H3/t16-,17+,18-,19+,21-,22+/m0/s1. The molecule has 0 aliphatic heterocycles.